The lowest BCUT2D eigenvalue weighted by atomic mass is 9.73. The van der Waals surface area contributed by atoms with Crippen LogP contribution >= 0.6 is 11.3 Å². The molecule has 18 heteroatoms. The Bertz CT molecular complexity index is 3150. The molecule has 1 saturated carbocycles. The van der Waals surface area contributed by atoms with Gasteiger partial charge >= 0.3 is 0 Å². The van der Waals surface area contributed by atoms with Crippen LogP contribution in [0.5, 0.6) is 11.5 Å². The molecule has 72 heavy (non-hydrogen) atoms. The van der Waals surface area contributed by atoms with Crippen molar-refractivity contribution in [3.05, 3.63) is 134 Å². The van der Waals surface area contributed by atoms with Crippen LogP contribution in [0.25, 0.3) is 16.6 Å². The molecule has 6 aromatic rings. The molecule has 0 radical (unpaired) electrons. The van der Waals surface area contributed by atoms with Gasteiger partial charge in [-0.15, -0.1) is 11.3 Å². The van der Waals surface area contributed by atoms with E-state index in [1.165, 1.54) is 56.9 Å². The number of thiophene rings is 1. The Hall–Kier alpha value is -6.34. The molecular formula is C54H61FN8O7S2. The quantitative estimate of drug-likeness (QED) is 0.0599. The van der Waals surface area contributed by atoms with Crippen LogP contribution in [0.1, 0.15) is 91.4 Å². The van der Waals surface area contributed by atoms with E-state index in [2.05, 4.69) is 54.6 Å². The van der Waals surface area contributed by atoms with Crippen molar-refractivity contribution in [3.8, 4) is 11.5 Å². The zero-order valence-corrected chi connectivity index (χ0v) is 42.5. The van der Waals surface area contributed by atoms with Crippen LogP contribution in [0.3, 0.4) is 0 Å². The fourth-order valence-corrected chi connectivity index (χ4v) is 12.9. The van der Waals surface area contributed by atoms with E-state index < -0.39 is 37.0 Å². The lowest BCUT2D eigenvalue weighted by Crippen LogP contribution is -2.47. The first-order valence-electron chi connectivity index (χ1n) is 24.8. The van der Waals surface area contributed by atoms with Crippen molar-refractivity contribution >= 4 is 66.6 Å². The maximum absolute atomic E-state index is 14.1. The van der Waals surface area contributed by atoms with E-state index in [-0.39, 0.29) is 34.2 Å². The number of halogens is 1. The number of aromatic amines is 1. The average molecular weight is 1020 g/mol. The van der Waals surface area contributed by atoms with Crippen LogP contribution in [-0.2, 0) is 23.0 Å². The summed E-state index contributed by atoms with van der Waals surface area (Å²) in [4.78, 5) is 42.6. The van der Waals surface area contributed by atoms with Gasteiger partial charge in [-0.05, 0) is 147 Å². The first-order chi connectivity index (χ1) is 34.4. The Morgan fingerprint density at radius 3 is 2.47 bits per heavy atom. The summed E-state index contributed by atoms with van der Waals surface area (Å²) < 4.78 is 49.8. The van der Waals surface area contributed by atoms with Crippen molar-refractivity contribution in [2.45, 2.75) is 89.2 Å². The molecule has 1 saturated heterocycles. The summed E-state index contributed by atoms with van der Waals surface area (Å²) >= 11 is 1.94. The van der Waals surface area contributed by atoms with Gasteiger partial charge < -0.3 is 29.9 Å². The Labute approximate surface area is 423 Å². The predicted molar refractivity (Wildman–Crippen MR) is 280 cm³/mol. The number of piperazine rings is 1. The maximum Gasteiger partial charge on any atom is 0.293 e. The van der Waals surface area contributed by atoms with E-state index in [0.717, 1.165) is 94.1 Å². The standard InChI is InChI=1S/C54H61FN8O7S2/c1-53(2)17-14-37(45(30-53)50-27-38-34-62(21-16-49(38)71-50)40-6-4-39(55)5-7-40)33-60-22-24-61(25-23-60)41-8-10-44(48(28-41)70-42-26-36-15-20-56-51(36)58-32-42)52(64)59-72(68,69)43-9-11-46(47(29-43)63(66)67)57-31-35-12-18-54(3,65)19-13-35/h4-11,15,20,26-29,32,35,57,65H,12-14,16-19,21-25,30-31,33-34H2,1-3H3,(H,56,58)(H,59,64)/t35-,54-. The van der Waals surface area contributed by atoms with Gasteiger partial charge in [0.25, 0.3) is 21.6 Å². The number of rotatable bonds is 14. The van der Waals surface area contributed by atoms with Gasteiger partial charge in [0, 0.05) is 97.2 Å². The van der Waals surface area contributed by atoms with E-state index in [9.17, 15) is 32.8 Å². The van der Waals surface area contributed by atoms with Crippen molar-refractivity contribution in [2.75, 3.05) is 60.9 Å². The smallest absolute Gasteiger partial charge is 0.293 e. The molecule has 0 spiro atoms. The number of nitro groups is 1. The number of aliphatic hydroxyl groups is 1. The number of allylic oxidation sites excluding steroid dienone is 1. The summed E-state index contributed by atoms with van der Waals surface area (Å²) in [6.45, 7) is 12.6. The number of benzene rings is 3. The van der Waals surface area contributed by atoms with Crippen LogP contribution < -0.4 is 24.6 Å². The molecule has 2 aliphatic carbocycles. The maximum atomic E-state index is 14.1. The molecule has 4 N–H and O–H groups in total. The summed E-state index contributed by atoms with van der Waals surface area (Å²) in [7, 11) is -4.60. The highest BCUT2D eigenvalue weighted by molar-refractivity contribution is 7.90. The topological polar surface area (TPSA) is 186 Å². The zero-order chi connectivity index (χ0) is 50.4. The molecule has 10 rings (SSSR count). The van der Waals surface area contributed by atoms with Crippen molar-refractivity contribution in [3.63, 3.8) is 0 Å². The Morgan fingerprint density at radius 1 is 0.944 bits per heavy atom. The molecule has 4 aliphatic rings. The van der Waals surface area contributed by atoms with Crippen molar-refractivity contribution < 1.29 is 32.4 Å². The van der Waals surface area contributed by atoms with Gasteiger partial charge in [-0.1, -0.05) is 19.4 Å². The van der Waals surface area contributed by atoms with Crippen LogP contribution in [-0.4, -0.2) is 90.6 Å². The normalized spacial score (nSPS) is 20.6. The zero-order valence-electron chi connectivity index (χ0n) is 40.9. The van der Waals surface area contributed by atoms with Gasteiger partial charge in [0.1, 0.15) is 28.7 Å². The number of nitrogens with one attached hydrogen (secondary N) is 3. The summed E-state index contributed by atoms with van der Waals surface area (Å²) in [6.07, 6.45) is 10.2. The van der Waals surface area contributed by atoms with Gasteiger partial charge in [-0.3, -0.25) is 19.8 Å². The van der Waals surface area contributed by atoms with Gasteiger partial charge in [0.2, 0.25) is 0 Å². The number of carbonyl (C=O) groups is 1. The highest BCUT2D eigenvalue weighted by Gasteiger charge is 2.33. The molecular weight excluding hydrogens is 956 g/mol. The average Bonchev–Trinajstić information content (AvgIpc) is 4.01. The first-order valence-corrected chi connectivity index (χ1v) is 27.1. The highest BCUT2D eigenvalue weighted by Crippen LogP contribution is 2.46. The van der Waals surface area contributed by atoms with Gasteiger partial charge in [0.05, 0.1) is 27.2 Å². The van der Waals surface area contributed by atoms with Gasteiger partial charge in [0.15, 0.2) is 0 Å². The number of fused-ring (bicyclic) bond motifs is 2. The molecule has 15 nitrogen and oxygen atoms in total. The molecule has 1 amide bonds. The van der Waals surface area contributed by atoms with Crippen LogP contribution in [0.2, 0.25) is 0 Å². The van der Waals surface area contributed by atoms with Crippen molar-refractivity contribution in [2.24, 2.45) is 11.3 Å². The van der Waals surface area contributed by atoms with Crippen molar-refractivity contribution in [1.29, 1.82) is 0 Å². The fraction of sp³-hybridized carbons (Fsp3) is 0.407. The number of aromatic nitrogens is 2. The third-order valence-corrected chi connectivity index (χ3v) is 17.6. The number of pyridine rings is 1. The molecule has 5 heterocycles. The number of hydrogen-bond acceptors (Lipinski definition) is 13. The number of nitro benzene ring substituents is 1. The van der Waals surface area contributed by atoms with E-state index in [1.807, 2.05) is 36.5 Å². The van der Waals surface area contributed by atoms with Crippen molar-refractivity contribution in [1.82, 2.24) is 19.6 Å². The summed E-state index contributed by atoms with van der Waals surface area (Å²) in [6, 6.07) is 21.4. The summed E-state index contributed by atoms with van der Waals surface area (Å²) in [5.74, 6) is -0.535. The highest BCUT2D eigenvalue weighted by atomic mass is 32.2. The minimum absolute atomic E-state index is 0.0486. The third kappa shape index (κ3) is 11.0. The molecule has 2 aliphatic heterocycles. The molecule has 0 bridgehead atoms. The van der Waals surface area contributed by atoms with Crippen LogP contribution in [0, 0.1) is 27.3 Å². The molecule has 3 aromatic heterocycles. The van der Waals surface area contributed by atoms with Gasteiger partial charge in [-0.25, -0.2) is 22.5 Å². The fourth-order valence-electron chi connectivity index (χ4n) is 10.6. The molecule has 0 atom stereocenters. The van der Waals surface area contributed by atoms with E-state index in [1.54, 1.807) is 30.5 Å². The van der Waals surface area contributed by atoms with E-state index in [0.29, 0.717) is 43.9 Å². The second-order valence-corrected chi connectivity index (χ2v) is 23.8. The number of H-pyrrole nitrogens is 1. The Kier molecular flexibility index (Phi) is 13.6. The van der Waals surface area contributed by atoms with E-state index >= 15 is 0 Å². The number of amides is 1. The number of sulfonamides is 1. The lowest BCUT2D eigenvalue weighted by Gasteiger charge is -2.39. The van der Waals surface area contributed by atoms with E-state index in [4.69, 9.17) is 4.74 Å². The molecule has 0 unspecified atom stereocenters. The first kappa shape index (κ1) is 49.2. The van der Waals surface area contributed by atoms with Gasteiger partial charge in [-0.2, -0.15) is 0 Å². The molecule has 378 valence electrons. The predicted octanol–water partition coefficient (Wildman–Crippen LogP) is 10.3. The van der Waals surface area contributed by atoms with Crippen LogP contribution in [0.15, 0.2) is 102 Å². The number of nitrogens with zero attached hydrogens (tertiary/aromatic N) is 5. The molecule has 3 aromatic carbocycles. The largest absolute Gasteiger partial charge is 0.455 e. The number of hydrogen-bond donors (Lipinski definition) is 4. The second-order valence-electron chi connectivity index (χ2n) is 21.0. The molecule has 2 fully saturated rings. The SMILES string of the molecule is CC1(C)CCC(CN2CCN(c3ccc(C(=O)NS(=O)(=O)c4ccc(NC[C@H]5CC[C@](C)(O)CC5)c([N+](=O)[O-])c4)c(Oc4cnc5[nH]ccc5c4)c3)CC2)=C(c2cc3c(s2)CCN(c2ccc(F)cc2)C3)C1. The third-order valence-electron chi connectivity index (χ3n) is 15.0. The minimum Gasteiger partial charge on any atom is -0.455 e. The summed E-state index contributed by atoms with van der Waals surface area (Å²) in [5.41, 5.74) is 5.99. The second kappa shape index (κ2) is 19.9. The summed E-state index contributed by atoms with van der Waals surface area (Å²) in [5, 5.41) is 26.4. The minimum atomic E-state index is -4.60. The number of anilines is 3. The number of ether oxygens (including phenoxy) is 1. The van der Waals surface area contributed by atoms with Crippen LogP contribution in [0.4, 0.5) is 27.1 Å². The monoisotopic (exact) mass is 1020 g/mol. The Morgan fingerprint density at radius 2 is 1.71 bits per heavy atom. The Balaban J connectivity index is 0.844. The lowest BCUT2D eigenvalue weighted by molar-refractivity contribution is -0.384. The number of carbonyl (C=O) groups excluding carboxylic acids is 1.